The first-order valence-corrected chi connectivity index (χ1v) is 27.5. The number of hydrogen-bond donors (Lipinski definition) is 0. The predicted octanol–water partition coefficient (Wildman–Crippen LogP) is 19.2. The highest BCUT2D eigenvalue weighted by molar-refractivity contribution is 6.14. The fraction of sp³-hybridized carbons (Fsp3) is 0. The molecule has 0 unspecified atom stereocenters. The molecule has 0 radical (unpaired) electrons. The third-order valence-electron chi connectivity index (χ3n) is 16.1. The SMILES string of the molecule is c1ccc(-c2nc(-c3ccccc3)nc(-c3ccc(-c4ccc(-c5ccc6c7cc(-c8ccc9c(c8)c8ccccc8n9-c8ccccc8)ccc7n(-c7ccccc7)c6c5)c(-n5c6ccccc6c6ccccc65)c4)cc3)n2)cc1. The summed E-state index contributed by atoms with van der Waals surface area (Å²) in [5.74, 6) is 1.90. The van der Waals surface area contributed by atoms with Gasteiger partial charge in [0.05, 0.1) is 38.8 Å². The van der Waals surface area contributed by atoms with Gasteiger partial charge in [0, 0.05) is 65.9 Å². The number of aromatic nitrogens is 6. The summed E-state index contributed by atoms with van der Waals surface area (Å²) in [5, 5.41) is 7.31. The molecule has 12 aromatic carbocycles. The van der Waals surface area contributed by atoms with Crippen LogP contribution in [0.5, 0.6) is 0 Å². The van der Waals surface area contributed by atoms with Crippen molar-refractivity contribution >= 4 is 65.4 Å². The number of hydrogen-bond acceptors (Lipinski definition) is 3. The lowest BCUT2D eigenvalue weighted by Crippen LogP contribution is -2.00. The van der Waals surface area contributed by atoms with Gasteiger partial charge in [0.15, 0.2) is 17.5 Å². The molecule has 4 heterocycles. The first-order chi connectivity index (χ1) is 40.2. The van der Waals surface area contributed by atoms with E-state index < -0.39 is 0 Å². The molecule has 0 aliphatic heterocycles. The Morgan fingerprint density at radius 1 is 0.198 bits per heavy atom. The van der Waals surface area contributed by atoms with Gasteiger partial charge >= 0.3 is 0 Å². The van der Waals surface area contributed by atoms with Crippen molar-refractivity contribution in [2.24, 2.45) is 0 Å². The third-order valence-corrected chi connectivity index (χ3v) is 16.1. The summed E-state index contributed by atoms with van der Waals surface area (Å²) in [6, 6.07) is 105. The number of fused-ring (bicyclic) bond motifs is 9. The molecular formula is C75H48N6. The largest absolute Gasteiger partial charge is 0.309 e. The molecule has 0 aliphatic carbocycles. The summed E-state index contributed by atoms with van der Waals surface area (Å²) in [7, 11) is 0. The van der Waals surface area contributed by atoms with E-state index in [9.17, 15) is 0 Å². The molecule has 6 heteroatoms. The van der Waals surface area contributed by atoms with Crippen LogP contribution in [-0.2, 0) is 0 Å². The van der Waals surface area contributed by atoms with Crippen molar-refractivity contribution in [3.8, 4) is 84.6 Å². The fourth-order valence-electron chi connectivity index (χ4n) is 12.3. The Morgan fingerprint density at radius 3 is 1.06 bits per heavy atom. The summed E-state index contributed by atoms with van der Waals surface area (Å²) in [6.07, 6.45) is 0. The van der Waals surface area contributed by atoms with Gasteiger partial charge in [0.1, 0.15) is 0 Å². The van der Waals surface area contributed by atoms with Gasteiger partial charge < -0.3 is 13.7 Å². The zero-order valence-corrected chi connectivity index (χ0v) is 43.9. The quantitative estimate of drug-likeness (QED) is 0.145. The number of para-hydroxylation sites is 5. The van der Waals surface area contributed by atoms with Crippen LogP contribution < -0.4 is 0 Å². The van der Waals surface area contributed by atoms with Gasteiger partial charge in [0.25, 0.3) is 0 Å². The number of rotatable bonds is 9. The second-order valence-electron chi connectivity index (χ2n) is 20.8. The maximum atomic E-state index is 5.03. The molecule has 0 fully saturated rings. The van der Waals surface area contributed by atoms with E-state index >= 15 is 0 Å². The Morgan fingerprint density at radius 2 is 0.543 bits per heavy atom. The maximum Gasteiger partial charge on any atom is 0.164 e. The van der Waals surface area contributed by atoms with Crippen LogP contribution in [0.3, 0.4) is 0 Å². The van der Waals surface area contributed by atoms with Crippen LogP contribution in [0.2, 0.25) is 0 Å². The van der Waals surface area contributed by atoms with Crippen LogP contribution in [0, 0.1) is 0 Å². The second-order valence-corrected chi connectivity index (χ2v) is 20.8. The second kappa shape index (κ2) is 18.9. The van der Waals surface area contributed by atoms with Crippen molar-refractivity contribution < 1.29 is 0 Å². The van der Waals surface area contributed by atoms with Gasteiger partial charge in [-0.15, -0.1) is 0 Å². The maximum absolute atomic E-state index is 5.03. The van der Waals surface area contributed by atoms with E-state index in [1.807, 2.05) is 60.7 Å². The number of benzene rings is 12. The topological polar surface area (TPSA) is 53.5 Å². The minimum atomic E-state index is 0.625. The molecule has 16 rings (SSSR count). The van der Waals surface area contributed by atoms with Gasteiger partial charge in [-0.05, 0) is 107 Å². The lowest BCUT2D eigenvalue weighted by Gasteiger charge is -2.17. The molecule has 81 heavy (non-hydrogen) atoms. The summed E-state index contributed by atoms with van der Waals surface area (Å²) < 4.78 is 7.27. The van der Waals surface area contributed by atoms with E-state index in [0.717, 1.165) is 78.1 Å². The average Bonchev–Trinajstić information content (AvgIpc) is 4.41. The van der Waals surface area contributed by atoms with E-state index in [0.29, 0.717) is 17.5 Å². The van der Waals surface area contributed by atoms with E-state index in [2.05, 4.69) is 244 Å². The number of nitrogens with zero attached hydrogens (tertiary/aromatic N) is 6. The minimum absolute atomic E-state index is 0.625. The predicted molar refractivity (Wildman–Crippen MR) is 335 cm³/mol. The van der Waals surface area contributed by atoms with Crippen LogP contribution in [0.4, 0.5) is 0 Å². The minimum Gasteiger partial charge on any atom is -0.309 e. The summed E-state index contributed by atoms with van der Waals surface area (Å²) in [4.78, 5) is 15.0. The highest BCUT2D eigenvalue weighted by atomic mass is 15.0. The molecule has 0 spiro atoms. The first kappa shape index (κ1) is 46.2. The van der Waals surface area contributed by atoms with Crippen molar-refractivity contribution in [1.82, 2.24) is 28.7 Å². The van der Waals surface area contributed by atoms with Crippen LogP contribution in [-0.4, -0.2) is 28.7 Å². The van der Waals surface area contributed by atoms with E-state index in [4.69, 9.17) is 15.0 Å². The van der Waals surface area contributed by atoms with Crippen molar-refractivity contribution in [2.75, 3.05) is 0 Å². The molecule has 0 amide bonds. The van der Waals surface area contributed by atoms with Gasteiger partial charge in [-0.1, -0.05) is 212 Å². The Bertz CT molecular complexity index is 4970. The Hall–Kier alpha value is -11.0. The lowest BCUT2D eigenvalue weighted by molar-refractivity contribution is 1.07. The summed E-state index contributed by atoms with van der Waals surface area (Å²) >= 11 is 0. The summed E-state index contributed by atoms with van der Waals surface area (Å²) in [6.45, 7) is 0. The van der Waals surface area contributed by atoms with E-state index in [1.165, 1.54) is 54.5 Å². The van der Waals surface area contributed by atoms with Crippen molar-refractivity contribution in [3.63, 3.8) is 0 Å². The molecule has 0 bridgehead atoms. The Kier molecular flexibility index (Phi) is 10.8. The van der Waals surface area contributed by atoms with E-state index in [1.54, 1.807) is 0 Å². The van der Waals surface area contributed by atoms with Gasteiger partial charge in [0.2, 0.25) is 0 Å². The molecule has 6 nitrogen and oxygen atoms in total. The molecule has 16 aromatic rings. The third kappa shape index (κ3) is 7.76. The monoisotopic (exact) mass is 1030 g/mol. The molecule has 0 saturated heterocycles. The molecule has 0 atom stereocenters. The van der Waals surface area contributed by atoms with Crippen LogP contribution in [0.1, 0.15) is 0 Å². The Labute approximate surface area is 467 Å². The lowest BCUT2D eigenvalue weighted by atomic mass is 9.96. The van der Waals surface area contributed by atoms with Crippen LogP contribution in [0.15, 0.2) is 291 Å². The van der Waals surface area contributed by atoms with Gasteiger partial charge in [-0.3, -0.25) is 0 Å². The van der Waals surface area contributed by atoms with Gasteiger partial charge in [-0.25, -0.2) is 15.0 Å². The van der Waals surface area contributed by atoms with Crippen LogP contribution >= 0.6 is 0 Å². The molecular weight excluding hydrogens is 985 g/mol. The van der Waals surface area contributed by atoms with E-state index in [-0.39, 0.29) is 0 Å². The smallest absolute Gasteiger partial charge is 0.164 e. The normalized spacial score (nSPS) is 11.7. The highest BCUT2D eigenvalue weighted by Gasteiger charge is 2.21. The molecule has 0 N–H and O–H groups in total. The summed E-state index contributed by atoms with van der Waals surface area (Å²) in [5.41, 5.74) is 20.0. The average molecular weight is 1030 g/mol. The zero-order valence-electron chi connectivity index (χ0n) is 43.9. The highest BCUT2D eigenvalue weighted by Crippen LogP contribution is 2.43. The fourth-order valence-corrected chi connectivity index (χ4v) is 12.3. The molecule has 4 aromatic heterocycles. The first-order valence-electron chi connectivity index (χ1n) is 27.5. The van der Waals surface area contributed by atoms with Gasteiger partial charge in [-0.2, -0.15) is 0 Å². The van der Waals surface area contributed by atoms with Crippen molar-refractivity contribution in [3.05, 3.63) is 291 Å². The molecule has 0 saturated carbocycles. The molecule has 378 valence electrons. The van der Waals surface area contributed by atoms with Crippen molar-refractivity contribution in [1.29, 1.82) is 0 Å². The standard InChI is InChI=1S/C75H48N6/c1-5-19-50(20-6-1)73-76-74(51-21-7-2-8-22-51)78-75(77-73)52-35-33-49(34-36-52)55-37-41-59(71(47-55)81-67-31-17-13-27-60(67)61-28-14-18-32-68(61)81)56-38-42-63-65-46-54(40-44-70(65)80(72(63)48-56)58-25-11-4-12-26-58)53-39-43-69-64(45-53)62-29-15-16-30-66(62)79(69)57-23-9-3-10-24-57/h1-48H. The van der Waals surface area contributed by atoms with Crippen LogP contribution in [0.25, 0.3) is 150 Å². The Balaban J connectivity index is 0.848. The zero-order chi connectivity index (χ0) is 53.4. The van der Waals surface area contributed by atoms with Crippen molar-refractivity contribution in [2.45, 2.75) is 0 Å². The molecule has 0 aliphatic rings.